The molecular formula is C17H27N3O3. The first-order valence-corrected chi connectivity index (χ1v) is 7.89. The lowest BCUT2D eigenvalue weighted by Crippen LogP contribution is -2.41. The number of hydrogen-bond acceptors (Lipinski definition) is 3. The number of hydrogen-bond donors (Lipinski definition) is 3. The van der Waals surface area contributed by atoms with Crippen molar-refractivity contribution in [3.8, 4) is 0 Å². The van der Waals surface area contributed by atoms with E-state index in [0.29, 0.717) is 19.6 Å². The minimum absolute atomic E-state index is 0.232. The molecule has 0 saturated carbocycles. The van der Waals surface area contributed by atoms with Crippen molar-refractivity contribution in [2.75, 3.05) is 19.6 Å². The van der Waals surface area contributed by atoms with Crippen molar-refractivity contribution < 1.29 is 14.3 Å². The van der Waals surface area contributed by atoms with Crippen LogP contribution in [0.25, 0.3) is 0 Å². The van der Waals surface area contributed by atoms with Crippen molar-refractivity contribution in [1.29, 1.82) is 0 Å². The Bertz CT molecular complexity index is 484. The molecule has 0 heterocycles. The molecule has 0 unspecified atom stereocenters. The van der Waals surface area contributed by atoms with Gasteiger partial charge < -0.3 is 20.7 Å². The Morgan fingerprint density at radius 3 is 2.22 bits per heavy atom. The predicted molar refractivity (Wildman–Crippen MR) is 90.4 cm³/mol. The number of carbonyl (C=O) groups is 2. The molecule has 0 atom stereocenters. The van der Waals surface area contributed by atoms with Crippen molar-refractivity contribution in [3.05, 3.63) is 35.9 Å². The molecule has 0 bridgehead atoms. The molecular weight excluding hydrogens is 294 g/mol. The van der Waals surface area contributed by atoms with Crippen molar-refractivity contribution in [2.24, 2.45) is 0 Å². The first-order chi connectivity index (χ1) is 10.9. The number of amides is 3. The number of aryl methyl sites for hydroxylation is 1. The third-order valence-corrected chi connectivity index (χ3v) is 2.85. The number of benzene rings is 1. The first kappa shape index (κ1) is 18.8. The maximum atomic E-state index is 11.6. The highest BCUT2D eigenvalue weighted by Gasteiger charge is 2.15. The van der Waals surface area contributed by atoms with Gasteiger partial charge in [-0.05, 0) is 39.2 Å². The van der Waals surface area contributed by atoms with Gasteiger partial charge in [0.25, 0.3) is 0 Å². The number of nitrogens with one attached hydrogen (secondary N) is 3. The molecule has 3 N–H and O–H groups in total. The van der Waals surface area contributed by atoms with Gasteiger partial charge in [0.15, 0.2) is 0 Å². The minimum atomic E-state index is -0.520. The van der Waals surface area contributed by atoms with Gasteiger partial charge in [-0.1, -0.05) is 30.3 Å². The fourth-order valence-electron chi connectivity index (χ4n) is 1.86. The van der Waals surface area contributed by atoms with E-state index < -0.39 is 11.7 Å². The third-order valence-electron chi connectivity index (χ3n) is 2.85. The predicted octanol–water partition coefficient (Wildman–Crippen LogP) is 2.44. The second-order valence-electron chi connectivity index (χ2n) is 6.20. The Morgan fingerprint density at radius 2 is 1.57 bits per heavy atom. The highest BCUT2D eigenvalue weighted by Crippen LogP contribution is 2.06. The van der Waals surface area contributed by atoms with Gasteiger partial charge in [-0.2, -0.15) is 0 Å². The Morgan fingerprint density at radius 1 is 0.957 bits per heavy atom. The summed E-state index contributed by atoms with van der Waals surface area (Å²) >= 11 is 0. The van der Waals surface area contributed by atoms with Crippen molar-refractivity contribution in [1.82, 2.24) is 16.0 Å². The van der Waals surface area contributed by atoms with Gasteiger partial charge in [0.05, 0.1) is 0 Å². The molecule has 0 aliphatic rings. The van der Waals surface area contributed by atoms with Crippen LogP contribution in [0.3, 0.4) is 0 Å². The van der Waals surface area contributed by atoms with Crippen LogP contribution in [0.5, 0.6) is 0 Å². The number of rotatable bonds is 7. The summed E-state index contributed by atoms with van der Waals surface area (Å²) in [4.78, 5) is 22.9. The SMILES string of the molecule is CC(C)(C)OC(=O)NCCNC(=O)NCCCc1ccccc1. The molecule has 128 valence electrons. The highest BCUT2D eigenvalue weighted by molar-refractivity contribution is 5.73. The molecule has 1 aromatic carbocycles. The highest BCUT2D eigenvalue weighted by atomic mass is 16.6. The number of ether oxygens (including phenoxy) is 1. The van der Waals surface area contributed by atoms with E-state index in [-0.39, 0.29) is 6.03 Å². The van der Waals surface area contributed by atoms with Crippen LogP contribution in [-0.2, 0) is 11.2 Å². The van der Waals surface area contributed by atoms with Crippen LogP contribution in [0.4, 0.5) is 9.59 Å². The number of alkyl carbamates (subject to hydrolysis) is 1. The van der Waals surface area contributed by atoms with Crippen LogP contribution in [0.2, 0.25) is 0 Å². The Labute approximate surface area is 138 Å². The fraction of sp³-hybridized carbons (Fsp3) is 0.529. The lowest BCUT2D eigenvalue weighted by Gasteiger charge is -2.19. The van der Waals surface area contributed by atoms with Crippen molar-refractivity contribution in [2.45, 2.75) is 39.2 Å². The Hall–Kier alpha value is -2.24. The van der Waals surface area contributed by atoms with E-state index in [2.05, 4.69) is 28.1 Å². The third kappa shape index (κ3) is 10.2. The molecule has 1 aromatic rings. The van der Waals surface area contributed by atoms with E-state index in [1.807, 2.05) is 18.2 Å². The largest absolute Gasteiger partial charge is 0.444 e. The molecule has 3 amide bonds. The first-order valence-electron chi connectivity index (χ1n) is 7.89. The van der Waals surface area contributed by atoms with Crippen LogP contribution in [0, 0.1) is 0 Å². The molecule has 0 saturated heterocycles. The van der Waals surface area contributed by atoms with Gasteiger partial charge in [-0.25, -0.2) is 9.59 Å². The zero-order valence-electron chi connectivity index (χ0n) is 14.1. The van der Waals surface area contributed by atoms with Crippen molar-refractivity contribution in [3.63, 3.8) is 0 Å². The molecule has 1 rings (SSSR count). The topological polar surface area (TPSA) is 79.5 Å². The van der Waals surface area contributed by atoms with Crippen LogP contribution < -0.4 is 16.0 Å². The fourth-order valence-corrected chi connectivity index (χ4v) is 1.86. The summed E-state index contributed by atoms with van der Waals surface area (Å²) in [5.41, 5.74) is 0.740. The molecule has 23 heavy (non-hydrogen) atoms. The quantitative estimate of drug-likeness (QED) is 0.675. The van der Waals surface area contributed by atoms with Gasteiger partial charge in [0.1, 0.15) is 5.60 Å². The van der Waals surface area contributed by atoms with E-state index >= 15 is 0 Å². The summed E-state index contributed by atoms with van der Waals surface area (Å²) in [7, 11) is 0. The van der Waals surface area contributed by atoms with Gasteiger partial charge in [-0.15, -0.1) is 0 Å². The summed E-state index contributed by atoms with van der Waals surface area (Å²) in [5, 5.41) is 8.04. The standard InChI is InChI=1S/C17H27N3O3/c1-17(2,3)23-16(22)20-13-12-19-15(21)18-11-7-10-14-8-5-4-6-9-14/h4-6,8-9H,7,10-13H2,1-3H3,(H,20,22)(H2,18,19,21). The molecule has 0 fully saturated rings. The van der Waals surface area contributed by atoms with E-state index in [1.54, 1.807) is 20.8 Å². The Balaban J connectivity index is 2.01. The maximum absolute atomic E-state index is 11.6. The van der Waals surface area contributed by atoms with Gasteiger partial charge in [-0.3, -0.25) is 0 Å². The van der Waals surface area contributed by atoms with Crippen LogP contribution >= 0.6 is 0 Å². The molecule has 0 radical (unpaired) electrons. The molecule has 0 spiro atoms. The maximum Gasteiger partial charge on any atom is 0.407 e. The molecule has 0 aromatic heterocycles. The van der Waals surface area contributed by atoms with E-state index in [9.17, 15) is 9.59 Å². The monoisotopic (exact) mass is 321 g/mol. The summed E-state index contributed by atoms with van der Waals surface area (Å²) in [6.07, 6.45) is 1.33. The van der Waals surface area contributed by atoms with Gasteiger partial charge >= 0.3 is 12.1 Å². The normalized spacial score (nSPS) is 10.7. The smallest absolute Gasteiger partial charge is 0.407 e. The molecule has 0 aliphatic heterocycles. The second-order valence-corrected chi connectivity index (χ2v) is 6.20. The van der Waals surface area contributed by atoms with E-state index in [1.165, 1.54) is 5.56 Å². The summed E-state index contributed by atoms with van der Waals surface area (Å²) in [6.45, 7) is 6.69. The zero-order valence-corrected chi connectivity index (χ0v) is 14.1. The Kier molecular flexibility index (Phi) is 7.94. The van der Waals surface area contributed by atoms with Crippen LogP contribution in [0.15, 0.2) is 30.3 Å². The van der Waals surface area contributed by atoms with E-state index in [0.717, 1.165) is 12.8 Å². The second kappa shape index (κ2) is 9.71. The molecule has 0 aliphatic carbocycles. The number of urea groups is 1. The van der Waals surface area contributed by atoms with Gasteiger partial charge in [0, 0.05) is 19.6 Å². The molecule has 6 heteroatoms. The van der Waals surface area contributed by atoms with E-state index in [4.69, 9.17) is 4.74 Å². The number of carbonyl (C=O) groups excluding carboxylic acids is 2. The van der Waals surface area contributed by atoms with Crippen molar-refractivity contribution >= 4 is 12.1 Å². The van der Waals surface area contributed by atoms with Crippen LogP contribution in [0.1, 0.15) is 32.8 Å². The average Bonchev–Trinajstić information content (AvgIpc) is 2.47. The lowest BCUT2D eigenvalue weighted by atomic mass is 10.1. The van der Waals surface area contributed by atoms with Gasteiger partial charge in [0.2, 0.25) is 0 Å². The summed E-state index contributed by atoms with van der Waals surface area (Å²) in [6, 6.07) is 9.91. The summed E-state index contributed by atoms with van der Waals surface area (Å²) < 4.78 is 5.09. The molecule has 6 nitrogen and oxygen atoms in total. The van der Waals surface area contributed by atoms with Crippen LogP contribution in [-0.4, -0.2) is 37.4 Å². The lowest BCUT2D eigenvalue weighted by molar-refractivity contribution is 0.0528. The minimum Gasteiger partial charge on any atom is -0.444 e. The zero-order chi connectivity index (χ0) is 17.1. The average molecular weight is 321 g/mol. The summed E-state index contributed by atoms with van der Waals surface area (Å²) in [5.74, 6) is 0.